The van der Waals surface area contributed by atoms with Gasteiger partial charge in [0.2, 0.25) is 0 Å². The molecule has 1 unspecified atom stereocenters. The zero-order chi connectivity index (χ0) is 17.3. The molecule has 2 rings (SSSR count). The largest absolute Gasteiger partial charge is 0.395 e. The van der Waals surface area contributed by atoms with Crippen molar-refractivity contribution < 1.29 is 9.90 Å². The number of hydrogen-bond acceptors (Lipinski definition) is 3. The number of unbranched alkanes of at least 4 members (excludes halogenated alkanes) is 2. The van der Waals surface area contributed by atoms with Crippen LogP contribution in [0.2, 0.25) is 0 Å². The Morgan fingerprint density at radius 2 is 1.88 bits per heavy atom. The fourth-order valence-electron chi connectivity index (χ4n) is 4.09. The molecule has 1 aliphatic carbocycles. The first-order valence-corrected chi connectivity index (χ1v) is 9.68. The van der Waals surface area contributed by atoms with Crippen molar-refractivity contribution in [3.8, 4) is 0 Å². The normalized spacial score (nSPS) is 18.2. The van der Waals surface area contributed by atoms with Gasteiger partial charge >= 0.3 is 0 Å². The van der Waals surface area contributed by atoms with Gasteiger partial charge < -0.3 is 10.4 Å². The van der Waals surface area contributed by atoms with Crippen LogP contribution in [0.15, 0.2) is 30.3 Å². The van der Waals surface area contributed by atoms with E-state index in [1.54, 1.807) is 0 Å². The molecule has 3 heteroatoms. The molecular formula is C21H33NO2. The molecule has 1 aromatic carbocycles. The summed E-state index contributed by atoms with van der Waals surface area (Å²) in [4.78, 5) is 13.6. The maximum Gasteiger partial charge on any atom is 0.160 e. The smallest absolute Gasteiger partial charge is 0.160 e. The maximum atomic E-state index is 13.6. The van der Waals surface area contributed by atoms with Crippen LogP contribution in [0.1, 0.15) is 70.3 Å². The molecule has 1 atom stereocenters. The average molecular weight is 332 g/mol. The zero-order valence-corrected chi connectivity index (χ0v) is 15.1. The van der Waals surface area contributed by atoms with Crippen LogP contribution < -0.4 is 5.32 Å². The minimum Gasteiger partial charge on any atom is -0.395 e. The Balaban J connectivity index is 2.23. The van der Waals surface area contributed by atoms with E-state index in [-0.39, 0.29) is 18.1 Å². The van der Waals surface area contributed by atoms with Crippen molar-refractivity contribution in [2.24, 2.45) is 0 Å². The van der Waals surface area contributed by atoms with E-state index < -0.39 is 0 Å². The number of Topliss-reactive ketones (excluding diaryl/α,β-unsaturated/α-hetero) is 1. The van der Waals surface area contributed by atoms with Crippen LogP contribution in [0, 0.1) is 0 Å². The van der Waals surface area contributed by atoms with Crippen LogP contribution in [0.25, 0.3) is 0 Å². The van der Waals surface area contributed by atoms with E-state index in [9.17, 15) is 9.90 Å². The second-order valence-corrected chi connectivity index (χ2v) is 7.10. The van der Waals surface area contributed by atoms with Gasteiger partial charge in [-0.15, -0.1) is 0 Å². The molecule has 0 bridgehead atoms. The van der Waals surface area contributed by atoms with E-state index in [0.29, 0.717) is 12.3 Å². The van der Waals surface area contributed by atoms with E-state index >= 15 is 0 Å². The first kappa shape index (κ1) is 19.1. The van der Waals surface area contributed by atoms with Crippen molar-refractivity contribution >= 4 is 5.78 Å². The summed E-state index contributed by atoms with van der Waals surface area (Å²) in [6.45, 7) is 2.76. The molecule has 0 spiro atoms. The van der Waals surface area contributed by atoms with Crippen LogP contribution in [0.4, 0.5) is 0 Å². The van der Waals surface area contributed by atoms with Crippen LogP contribution >= 0.6 is 0 Å². The second kappa shape index (κ2) is 9.95. The Bertz CT molecular complexity index is 480. The molecule has 24 heavy (non-hydrogen) atoms. The van der Waals surface area contributed by atoms with Gasteiger partial charge in [0.25, 0.3) is 0 Å². The van der Waals surface area contributed by atoms with E-state index in [2.05, 4.69) is 24.4 Å². The third-order valence-electron chi connectivity index (χ3n) is 5.42. The number of aliphatic hydroxyl groups is 1. The zero-order valence-electron chi connectivity index (χ0n) is 15.1. The average Bonchev–Trinajstić information content (AvgIpc) is 2.65. The molecule has 2 N–H and O–H groups in total. The molecule has 1 fully saturated rings. The Kier molecular flexibility index (Phi) is 7.93. The topological polar surface area (TPSA) is 49.3 Å². The standard InChI is InChI=1S/C21H33NO2/c1-2-3-6-13-19(22-16-17-23)20(24)21(14-9-5-10-15-21)18-11-7-4-8-12-18/h4,7-8,11-12,19,22-23H,2-3,5-6,9-10,13-17H2,1H3. The van der Waals surface area contributed by atoms with Crippen LogP contribution in [0.3, 0.4) is 0 Å². The Labute approximate surface area is 146 Å². The van der Waals surface area contributed by atoms with E-state index in [0.717, 1.165) is 51.4 Å². The van der Waals surface area contributed by atoms with Crippen molar-refractivity contribution in [3.63, 3.8) is 0 Å². The SMILES string of the molecule is CCCCCC(NCCO)C(=O)C1(c2ccccc2)CCCCC1. The number of nitrogens with one attached hydrogen (secondary N) is 1. The molecule has 0 heterocycles. The summed E-state index contributed by atoms with van der Waals surface area (Å²) in [5, 5.41) is 12.5. The van der Waals surface area contributed by atoms with Crippen molar-refractivity contribution in [3.05, 3.63) is 35.9 Å². The lowest BCUT2D eigenvalue weighted by Gasteiger charge is -2.39. The Hall–Kier alpha value is -1.19. The highest BCUT2D eigenvalue weighted by atomic mass is 16.3. The molecule has 0 aliphatic heterocycles. The number of ketones is 1. The summed E-state index contributed by atoms with van der Waals surface area (Å²) in [7, 11) is 0. The lowest BCUT2D eigenvalue weighted by atomic mass is 9.65. The molecule has 1 aliphatic rings. The summed E-state index contributed by atoms with van der Waals surface area (Å²) < 4.78 is 0. The van der Waals surface area contributed by atoms with Gasteiger partial charge in [-0.05, 0) is 24.8 Å². The lowest BCUT2D eigenvalue weighted by Crippen LogP contribution is -2.50. The van der Waals surface area contributed by atoms with Crippen LogP contribution in [0.5, 0.6) is 0 Å². The van der Waals surface area contributed by atoms with Gasteiger partial charge in [0.05, 0.1) is 18.1 Å². The van der Waals surface area contributed by atoms with Gasteiger partial charge in [-0.25, -0.2) is 0 Å². The monoisotopic (exact) mass is 331 g/mol. The van der Waals surface area contributed by atoms with Crippen molar-refractivity contribution in [2.75, 3.05) is 13.2 Å². The fourth-order valence-corrected chi connectivity index (χ4v) is 4.09. The Morgan fingerprint density at radius 1 is 1.17 bits per heavy atom. The number of carbonyl (C=O) groups excluding carboxylic acids is 1. The van der Waals surface area contributed by atoms with Crippen molar-refractivity contribution in [1.82, 2.24) is 5.32 Å². The molecule has 1 saturated carbocycles. The number of hydrogen-bond donors (Lipinski definition) is 2. The maximum absolute atomic E-state index is 13.6. The van der Waals surface area contributed by atoms with Gasteiger partial charge in [0, 0.05) is 6.54 Å². The summed E-state index contributed by atoms with van der Waals surface area (Å²) in [5.74, 6) is 0.345. The third kappa shape index (κ3) is 4.67. The van der Waals surface area contributed by atoms with Gasteiger partial charge in [-0.2, -0.15) is 0 Å². The Morgan fingerprint density at radius 3 is 2.50 bits per heavy atom. The summed E-state index contributed by atoms with van der Waals surface area (Å²) in [5.41, 5.74) is 0.847. The van der Waals surface area contributed by atoms with Crippen LogP contribution in [-0.4, -0.2) is 30.1 Å². The molecule has 3 nitrogen and oxygen atoms in total. The summed E-state index contributed by atoms with van der Waals surface area (Å²) in [6.07, 6.45) is 9.66. The van der Waals surface area contributed by atoms with Crippen molar-refractivity contribution in [1.29, 1.82) is 0 Å². The first-order valence-electron chi connectivity index (χ1n) is 9.68. The molecule has 134 valence electrons. The van der Waals surface area contributed by atoms with Gasteiger partial charge in [0.1, 0.15) is 0 Å². The first-order chi connectivity index (χ1) is 11.7. The predicted octanol–water partition coefficient (Wildman–Crippen LogP) is 3.99. The van der Waals surface area contributed by atoms with Gasteiger partial charge in [-0.3, -0.25) is 4.79 Å². The molecular weight excluding hydrogens is 298 g/mol. The summed E-state index contributed by atoms with van der Waals surface area (Å²) in [6, 6.07) is 10.2. The van der Waals surface area contributed by atoms with E-state index in [1.807, 2.05) is 18.2 Å². The summed E-state index contributed by atoms with van der Waals surface area (Å²) >= 11 is 0. The van der Waals surface area contributed by atoms with E-state index in [1.165, 1.54) is 12.0 Å². The molecule has 0 amide bonds. The lowest BCUT2D eigenvalue weighted by molar-refractivity contribution is -0.128. The highest BCUT2D eigenvalue weighted by molar-refractivity contribution is 5.94. The second-order valence-electron chi connectivity index (χ2n) is 7.10. The quantitative estimate of drug-likeness (QED) is 0.637. The van der Waals surface area contributed by atoms with E-state index in [4.69, 9.17) is 0 Å². The molecule has 1 aromatic rings. The van der Waals surface area contributed by atoms with Crippen LogP contribution in [-0.2, 0) is 10.2 Å². The number of carbonyl (C=O) groups is 1. The molecule has 0 aromatic heterocycles. The molecule has 0 saturated heterocycles. The minimum atomic E-state index is -0.334. The molecule has 0 radical (unpaired) electrons. The minimum absolute atomic E-state index is 0.0793. The highest BCUT2D eigenvalue weighted by Crippen LogP contribution is 2.41. The third-order valence-corrected chi connectivity index (χ3v) is 5.42. The number of aliphatic hydroxyl groups excluding tert-OH is 1. The van der Waals surface area contributed by atoms with Gasteiger partial charge in [-0.1, -0.05) is 75.8 Å². The van der Waals surface area contributed by atoms with Crippen molar-refractivity contribution in [2.45, 2.75) is 76.2 Å². The number of rotatable bonds is 10. The predicted molar refractivity (Wildman–Crippen MR) is 99.2 cm³/mol. The number of benzene rings is 1. The van der Waals surface area contributed by atoms with Gasteiger partial charge in [0.15, 0.2) is 5.78 Å². The highest BCUT2D eigenvalue weighted by Gasteiger charge is 2.43. The fraction of sp³-hybridized carbons (Fsp3) is 0.667.